The first-order valence-corrected chi connectivity index (χ1v) is 11.4. The highest BCUT2D eigenvalue weighted by Gasteiger charge is 2.10. The number of hydrogen-bond acceptors (Lipinski definition) is 5. The molecule has 0 saturated heterocycles. The lowest BCUT2D eigenvalue weighted by molar-refractivity contribution is 0.104. The van der Waals surface area contributed by atoms with Gasteiger partial charge in [0.25, 0.3) is 0 Å². The van der Waals surface area contributed by atoms with E-state index < -0.39 is 13.6 Å². The maximum Gasteiger partial charge on any atom is 0.363 e. The minimum atomic E-state index is -1.37. The number of ether oxygens (including phenoxy) is 1. The van der Waals surface area contributed by atoms with Crippen LogP contribution in [0.1, 0.15) is 32.7 Å². The van der Waals surface area contributed by atoms with Gasteiger partial charge in [-0.15, -0.1) is 0 Å². The lowest BCUT2D eigenvalue weighted by Gasteiger charge is -2.06. The number of aliphatic hydroxyl groups is 1. The molecular weight excluding hydrogens is 397 g/mol. The maximum absolute atomic E-state index is 12.6. The molecule has 0 fully saturated rings. The molecule has 5 nitrogen and oxygen atoms in total. The molecule has 1 N–H and O–H groups in total. The Morgan fingerprint density at radius 1 is 1.03 bits per heavy atom. The van der Waals surface area contributed by atoms with Crippen LogP contribution in [-0.2, 0) is 22.3 Å². The molecule has 0 aliphatic heterocycles. The van der Waals surface area contributed by atoms with Gasteiger partial charge in [0.05, 0.1) is 6.61 Å². The standard InChI is InChI=1S/C24H22NO4P/c1-30(28)17-29-16-20-10-11-25-22(14-20)24(27)15-23(26)21-9-5-8-19(13-21)12-18-6-3-2-4-7-18/h2-11,13-15H,12,16-17H2,1H3/p+1. The van der Waals surface area contributed by atoms with E-state index in [0.29, 0.717) is 5.56 Å². The average molecular weight is 420 g/mol. The highest BCUT2D eigenvalue weighted by atomic mass is 31.1. The molecule has 0 saturated carbocycles. The van der Waals surface area contributed by atoms with Gasteiger partial charge in [-0.05, 0) is 41.3 Å². The lowest BCUT2D eigenvalue weighted by Crippen LogP contribution is -2.02. The van der Waals surface area contributed by atoms with Crippen LogP contribution < -0.4 is 0 Å². The van der Waals surface area contributed by atoms with Gasteiger partial charge in [-0.3, -0.25) is 9.78 Å². The molecule has 1 aromatic heterocycles. The number of aliphatic hydroxyl groups excluding tert-OH is 1. The predicted octanol–water partition coefficient (Wildman–Crippen LogP) is 5.39. The lowest BCUT2D eigenvalue weighted by atomic mass is 10.0. The number of ketones is 1. The maximum atomic E-state index is 12.6. The minimum absolute atomic E-state index is 0.110. The number of aromatic nitrogens is 1. The second-order valence-electron chi connectivity index (χ2n) is 6.91. The molecule has 0 aliphatic carbocycles. The Balaban J connectivity index is 1.71. The van der Waals surface area contributed by atoms with Crippen LogP contribution in [-0.4, -0.2) is 28.9 Å². The fourth-order valence-corrected chi connectivity index (χ4v) is 3.29. The van der Waals surface area contributed by atoms with Crippen LogP contribution in [0.2, 0.25) is 0 Å². The van der Waals surface area contributed by atoms with E-state index >= 15 is 0 Å². The Kier molecular flexibility index (Phi) is 7.61. The summed E-state index contributed by atoms with van der Waals surface area (Å²) in [4.78, 5) is 16.6. The Morgan fingerprint density at radius 2 is 1.80 bits per heavy atom. The molecule has 1 unspecified atom stereocenters. The van der Waals surface area contributed by atoms with Crippen LogP contribution in [0.3, 0.4) is 0 Å². The van der Waals surface area contributed by atoms with Gasteiger partial charge in [-0.2, -0.15) is 0 Å². The summed E-state index contributed by atoms with van der Waals surface area (Å²) in [5.74, 6) is -0.509. The number of carbonyl (C=O) groups is 1. The van der Waals surface area contributed by atoms with Crippen molar-refractivity contribution < 1.29 is 19.2 Å². The van der Waals surface area contributed by atoms with Gasteiger partial charge in [-0.1, -0.05) is 53.1 Å². The zero-order valence-corrected chi connectivity index (χ0v) is 17.6. The molecule has 0 amide bonds. The van der Waals surface area contributed by atoms with Crippen molar-refractivity contribution in [1.82, 2.24) is 4.98 Å². The fourth-order valence-electron chi connectivity index (χ4n) is 2.94. The summed E-state index contributed by atoms with van der Waals surface area (Å²) in [6.07, 6.45) is 3.60. The van der Waals surface area contributed by atoms with E-state index in [0.717, 1.165) is 17.5 Å². The van der Waals surface area contributed by atoms with Crippen LogP contribution in [0.5, 0.6) is 0 Å². The minimum Gasteiger partial charge on any atom is -0.507 e. The third-order valence-electron chi connectivity index (χ3n) is 4.36. The SMILES string of the molecule is C[P+](=O)COCc1ccnc(C(=O)C=C(O)c2cccc(Cc3ccccc3)c2)c1. The summed E-state index contributed by atoms with van der Waals surface area (Å²) in [5.41, 5.74) is 3.75. The van der Waals surface area contributed by atoms with Crippen LogP contribution in [0.25, 0.3) is 5.76 Å². The number of nitrogens with zero attached hydrogens (tertiary/aromatic N) is 1. The topological polar surface area (TPSA) is 76.5 Å². The highest BCUT2D eigenvalue weighted by Crippen LogP contribution is 2.18. The van der Waals surface area contributed by atoms with E-state index in [1.807, 2.05) is 48.5 Å². The van der Waals surface area contributed by atoms with E-state index in [-0.39, 0.29) is 24.4 Å². The summed E-state index contributed by atoms with van der Waals surface area (Å²) in [5, 5.41) is 10.5. The number of carbonyl (C=O) groups excluding carboxylic acids is 1. The molecular formula is C24H23NO4P+. The van der Waals surface area contributed by atoms with Crippen molar-refractivity contribution in [3.8, 4) is 0 Å². The molecule has 0 radical (unpaired) electrons. The first-order valence-electron chi connectivity index (χ1n) is 9.50. The van der Waals surface area contributed by atoms with E-state index in [1.54, 1.807) is 24.9 Å². The third kappa shape index (κ3) is 6.45. The van der Waals surface area contributed by atoms with Crippen LogP contribution >= 0.6 is 7.80 Å². The summed E-state index contributed by atoms with van der Waals surface area (Å²) >= 11 is 0. The van der Waals surface area contributed by atoms with E-state index in [4.69, 9.17) is 4.74 Å². The molecule has 3 aromatic rings. The van der Waals surface area contributed by atoms with Crippen molar-refractivity contribution in [1.29, 1.82) is 0 Å². The number of rotatable bonds is 9. The van der Waals surface area contributed by atoms with Crippen molar-refractivity contribution in [2.24, 2.45) is 0 Å². The van der Waals surface area contributed by atoms with Gasteiger partial charge < -0.3 is 9.84 Å². The summed E-state index contributed by atoms with van der Waals surface area (Å²) in [7, 11) is -1.37. The number of benzene rings is 2. The second-order valence-corrected chi connectivity index (χ2v) is 8.43. The van der Waals surface area contributed by atoms with Gasteiger partial charge >= 0.3 is 7.80 Å². The first kappa shape index (κ1) is 21.6. The van der Waals surface area contributed by atoms with Gasteiger partial charge in [0.15, 0.2) is 0 Å². The molecule has 0 spiro atoms. The molecule has 0 bridgehead atoms. The van der Waals surface area contributed by atoms with Gasteiger partial charge in [0.1, 0.15) is 18.1 Å². The van der Waals surface area contributed by atoms with Gasteiger partial charge in [0, 0.05) is 17.8 Å². The number of pyridine rings is 1. The van der Waals surface area contributed by atoms with E-state index in [1.165, 1.54) is 17.8 Å². The monoisotopic (exact) mass is 420 g/mol. The number of allylic oxidation sites excluding steroid dienone is 1. The van der Waals surface area contributed by atoms with Gasteiger partial charge in [0.2, 0.25) is 12.1 Å². The molecule has 0 aliphatic rings. The molecule has 3 rings (SSSR count). The highest BCUT2D eigenvalue weighted by molar-refractivity contribution is 7.43. The van der Waals surface area contributed by atoms with E-state index in [2.05, 4.69) is 4.98 Å². The van der Waals surface area contributed by atoms with Crippen LogP contribution in [0, 0.1) is 0 Å². The molecule has 6 heteroatoms. The quantitative estimate of drug-likeness (QED) is 0.218. The molecule has 30 heavy (non-hydrogen) atoms. The summed E-state index contributed by atoms with van der Waals surface area (Å²) in [6.45, 7) is 1.84. The molecule has 2 aromatic carbocycles. The average Bonchev–Trinajstić information content (AvgIpc) is 2.74. The Bertz CT molecular complexity index is 1060. The van der Waals surface area contributed by atoms with Crippen LogP contribution in [0.4, 0.5) is 0 Å². The van der Waals surface area contributed by atoms with Crippen molar-refractivity contribution in [2.45, 2.75) is 13.0 Å². The Hall–Kier alpha value is -3.14. The molecule has 152 valence electrons. The number of hydrogen-bond donors (Lipinski definition) is 1. The second kappa shape index (κ2) is 10.6. The normalized spacial score (nSPS) is 11.9. The Labute approximate surface area is 176 Å². The van der Waals surface area contributed by atoms with Crippen molar-refractivity contribution in [3.63, 3.8) is 0 Å². The fraction of sp³-hybridized carbons (Fsp3) is 0.167. The molecule has 1 atom stereocenters. The van der Waals surface area contributed by atoms with Crippen LogP contribution in [0.15, 0.2) is 79.0 Å². The first-order chi connectivity index (χ1) is 14.5. The zero-order valence-electron chi connectivity index (χ0n) is 16.7. The summed E-state index contributed by atoms with van der Waals surface area (Å²) in [6, 6.07) is 20.9. The zero-order chi connectivity index (χ0) is 21.3. The van der Waals surface area contributed by atoms with Crippen molar-refractivity contribution in [2.75, 3.05) is 13.0 Å². The summed E-state index contributed by atoms with van der Waals surface area (Å²) < 4.78 is 16.5. The van der Waals surface area contributed by atoms with E-state index in [9.17, 15) is 14.5 Å². The van der Waals surface area contributed by atoms with Crippen molar-refractivity contribution in [3.05, 3.63) is 107 Å². The third-order valence-corrected chi connectivity index (χ3v) is 4.91. The smallest absolute Gasteiger partial charge is 0.363 e. The van der Waals surface area contributed by atoms with Gasteiger partial charge in [-0.25, -0.2) is 0 Å². The largest absolute Gasteiger partial charge is 0.507 e. The van der Waals surface area contributed by atoms with Crippen molar-refractivity contribution >= 4 is 19.3 Å². The predicted molar refractivity (Wildman–Crippen MR) is 118 cm³/mol. The molecule has 1 heterocycles. The Morgan fingerprint density at radius 3 is 2.57 bits per heavy atom.